The first-order valence-corrected chi connectivity index (χ1v) is 11.7. The fourth-order valence-electron chi connectivity index (χ4n) is 4.42. The number of carboxylic acid groups (broad SMARTS) is 1. The Morgan fingerprint density at radius 3 is 2.09 bits per heavy atom. The minimum absolute atomic E-state index is 0.0552. The van der Waals surface area contributed by atoms with E-state index in [-0.39, 0.29) is 30.5 Å². The van der Waals surface area contributed by atoms with Crippen molar-refractivity contribution in [2.75, 3.05) is 6.61 Å². The monoisotopic (exact) mass is 472 g/mol. The number of amides is 2. The van der Waals surface area contributed by atoms with Crippen molar-refractivity contribution in [2.45, 2.75) is 38.3 Å². The molecule has 35 heavy (non-hydrogen) atoms. The van der Waals surface area contributed by atoms with Gasteiger partial charge in [-0.1, -0.05) is 74.0 Å². The summed E-state index contributed by atoms with van der Waals surface area (Å²) < 4.78 is 5.58. The van der Waals surface area contributed by atoms with E-state index in [1.165, 1.54) is 12.1 Å². The van der Waals surface area contributed by atoms with Crippen LogP contribution in [0.3, 0.4) is 0 Å². The third kappa shape index (κ3) is 5.51. The van der Waals surface area contributed by atoms with Gasteiger partial charge in [-0.2, -0.15) is 0 Å². The minimum atomic E-state index is -1.00. The molecule has 4 rings (SSSR count). The van der Waals surface area contributed by atoms with Crippen LogP contribution in [0.5, 0.6) is 0 Å². The Morgan fingerprint density at radius 2 is 1.51 bits per heavy atom. The molecule has 3 aromatic carbocycles. The number of aromatic carboxylic acids is 1. The van der Waals surface area contributed by atoms with Crippen molar-refractivity contribution in [1.29, 1.82) is 0 Å². The molecule has 7 heteroatoms. The lowest BCUT2D eigenvalue weighted by molar-refractivity contribution is -0.123. The van der Waals surface area contributed by atoms with Crippen LogP contribution in [0.15, 0.2) is 72.8 Å². The lowest BCUT2D eigenvalue weighted by Gasteiger charge is -2.19. The average Bonchev–Trinajstić information content (AvgIpc) is 3.19. The number of alkyl carbamates (subject to hydrolysis) is 1. The molecule has 1 aliphatic rings. The summed E-state index contributed by atoms with van der Waals surface area (Å²) >= 11 is 0. The molecule has 1 atom stereocenters. The number of fused-ring (bicyclic) bond motifs is 3. The summed E-state index contributed by atoms with van der Waals surface area (Å²) in [7, 11) is 0. The maximum absolute atomic E-state index is 12.7. The van der Waals surface area contributed by atoms with Crippen molar-refractivity contribution in [2.24, 2.45) is 0 Å². The quantitative estimate of drug-likeness (QED) is 0.418. The second-order valence-corrected chi connectivity index (χ2v) is 8.53. The number of carboxylic acids is 1. The second-order valence-electron chi connectivity index (χ2n) is 8.53. The van der Waals surface area contributed by atoms with Gasteiger partial charge in [-0.15, -0.1) is 0 Å². The SMILES string of the molecule is CCCC(NC(=O)OCC1c2ccccc2-c2ccccc21)C(=O)NCc1ccc(C(=O)O)cc1. The van der Waals surface area contributed by atoms with Gasteiger partial charge in [-0.05, 0) is 46.4 Å². The lowest BCUT2D eigenvalue weighted by Crippen LogP contribution is -2.46. The number of carbonyl (C=O) groups is 3. The molecule has 0 saturated heterocycles. The van der Waals surface area contributed by atoms with Crippen LogP contribution in [0, 0.1) is 0 Å². The zero-order valence-corrected chi connectivity index (χ0v) is 19.5. The van der Waals surface area contributed by atoms with Crippen LogP contribution in [0.25, 0.3) is 11.1 Å². The van der Waals surface area contributed by atoms with Crippen molar-refractivity contribution >= 4 is 18.0 Å². The highest BCUT2D eigenvalue weighted by Crippen LogP contribution is 2.44. The zero-order valence-electron chi connectivity index (χ0n) is 19.5. The van der Waals surface area contributed by atoms with E-state index in [0.29, 0.717) is 12.8 Å². The topological polar surface area (TPSA) is 105 Å². The van der Waals surface area contributed by atoms with Crippen LogP contribution in [-0.2, 0) is 16.1 Å². The molecule has 3 aromatic rings. The van der Waals surface area contributed by atoms with Crippen LogP contribution in [-0.4, -0.2) is 35.7 Å². The summed E-state index contributed by atoms with van der Waals surface area (Å²) in [5, 5.41) is 14.5. The van der Waals surface area contributed by atoms with Gasteiger partial charge in [0.15, 0.2) is 0 Å². The molecule has 0 fully saturated rings. The van der Waals surface area contributed by atoms with E-state index in [1.807, 2.05) is 31.2 Å². The predicted octanol–water partition coefficient (Wildman–Crippen LogP) is 4.71. The van der Waals surface area contributed by atoms with Crippen LogP contribution >= 0.6 is 0 Å². The maximum Gasteiger partial charge on any atom is 0.407 e. The Morgan fingerprint density at radius 1 is 0.914 bits per heavy atom. The molecule has 7 nitrogen and oxygen atoms in total. The average molecular weight is 473 g/mol. The van der Waals surface area contributed by atoms with Gasteiger partial charge >= 0.3 is 12.1 Å². The molecule has 2 amide bonds. The molecule has 0 heterocycles. The van der Waals surface area contributed by atoms with Gasteiger partial charge in [0.25, 0.3) is 0 Å². The Hall–Kier alpha value is -4.13. The first-order chi connectivity index (χ1) is 17.0. The van der Waals surface area contributed by atoms with Gasteiger partial charge in [0.05, 0.1) is 5.56 Å². The molecule has 0 bridgehead atoms. The predicted molar refractivity (Wildman–Crippen MR) is 132 cm³/mol. The highest BCUT2D eigenvalue weighted by atomic mass is 16.5. The van der Waals surface area contributed by atoms with Gasteiger partial charge < -0.3 is 20.5 Å². The first kappa shape index (κ1) is 24.0. The molecule has 0 aliphatic heterocycles. The third-order valence-corrected chi connectivity index (χ3v) is 6.20. The molecular weight excluding hydrogens is 444 g/mol. The summed E-state index contributed by atoms with van der Waals surface area (Å²) in [4.78, 5) is 36.3. The second kappa shape index (κ2) is 10.9. The molecule has 0 saturated carbocycles. The van der Waals surface area contributed by atoms with Crippen molar-refractivity contribution < 1.29 is 24.2 Å². The third-order valence-electron chi connectivity index (χ3n) is 6.20. The number of nitrogens with one attached hydrogen (secondary N) is 2. The van der Waals surface area contributed by atoms with E-state index in [4.69, 9.17) is 9.84 Å². The van der Waals surface area contributed by atoms with Crippen molar-refractivity contribution in [3.63, 3.8) is 0 Å². The van der Waals surface area contributed by atoms with Gasteiger partial charge in [0, 0.05) is 12.5 Å². The van der Waals surface area contributed by atoms with E-state index in [1.54, 1.807) is 12.1 Å². The highest BCUT2D eigenvalue weighted by Gasteiger charge is 2.29. The molecule has 1 unspecified atom stereocenters. The summed E-state index contributed by atoms with van der Waals surface area (Å²) in [6.07, 6.45) is 0.537. The first-order valence-electron chi connectivity index (χ1n) is 11.7. The Kier molecular flexibility index (Phi) is 7.45. The van der Waals surface area contributed by atoms with Crippen molar-refractivity contribution in [1.82, 2.24) is 10.6 Å². The standard InChI is InChI=1S/C28H28N2O5/c1-2-7-25(26(31)29-16-18-12-14-19(15-13-18)27(32)33)30-28(34)35-17-24-22-10-5-3-8-20(22)21-9-4-6-11-23(21)24/h3-6,8-15,24-25H,2,7,16-17H2,1H3,(H,29,31)(H,30,34)(H,32,33). The van der Waals surface area contributed by atoms with E-state index < -0.39 is 18.1 Å². The van der Waals surface area contributed by atoms with Crippen LogP contribution in [0.4, 0.5) is 4.79 Å². The van der Waals surface area contributed by atoms with Gasteiger partial charge in [-0.3, -0.25) is 4.79 Å². The Balaban J connectivity index is 1.34. The molecule has 180 valence electrons. The molecule has 0 spiro atoms. The Bertz CT molecular complexity index is 1180. The number of benzene rings is 3. The molecular formula is C28H28N2O5. The molecule has 0 aromatic heterocycles. The Labute approximate surface area is 204 Å². The smallest absolute Gasteiger partial charge is 0.407 e. The van der Waals surface area contributed by atoms with Gasteiger partial charge in [0.2, 0.25) is 5.91 Å². The normalized spacial score (nSPS) is 12.8. The van der Waals surface area contributed by atoms with E-state index >= 15 is 0 Å². The van der Waals surface area contributed by atoms with Gasteiger partial charge in [-0.25, -0.2) is 9.59 Å². The minimum Gasteiger partial charge on any atom is -0.478 e. The lowest BCUT2D eigenvalue weighted by atomic mass is 9.98. The number of ether oxygens (including phenoxy) is 1. The zero-order chi connectivity index (χ0) is 24.8. The number of hydrogen-bond acceptors (Lipinski definition) is 4. The summed E-state index contributed by atoms with van der Waals surface area (Å²) in [5.41, 5.74) is 5.49. The fraction of sp³-hybridized carbons (Fsp3) is 0.250. The fourth-order valence-corrected chi connectivity index (χ4v) is 4.42. The highest BCUT2D eigenvalue weighted by molar-refractivity contribution is 5.88. The molecule has 3 N–H and O–H groups in total. The number of hydrogen-bond donors (Lipinski definition) is 3. The summed E-state index contributed by atoms with van der Waals surface area (Å²) in [5.74, 6) is -1.38. The van der Waals surface area contributed by atoms with Crippen LogP contribution < -0.4 is 10.6 Å². The van der Waals surface area contributed by atoms with Crippen molar-refractivity contribution in [3.8, 4) is 11.1 Å². The van der Waals surface area contributed by atoms with Crippen LogP contribution in [0.2, 0.25) is 0 Å². The van der Waals surface area contributed by atoms with Crippen molar-refractivity contribution in [3.05, 3.63) is 95.1 Å². The van der Waals surface area contributed by atoms with Crippen LogP contribution in [0.1, 0.15) is 52.7 Å². The number of carbonyl (C=O) groups excluding carboxylic acids is 2. The molecule has 0 radical (unpaired) electrons. The van der Waals surface area contributed by atoms with E-state index in [2.05, 4.69) is 34.9 Å². The maximum atomic E-state index is 12.7. The summed E-state index contributed by atoms with van der Waals surface area (Å²) in [6.45, 7) is 2.34. The molecule has 1 aliphatic carbocycles. The summed E-state index contributed by atoms with van der Waals surface area (Å²) in [6, 6.07) is 21.8. The van der Waals surface area contributed by atoms with E-state index in [0.717, 1.165) is 27.8 Å². The number of rotatable bonds is 9. The largest absolute Gasteiger partial charge is 0.478 e. The van der Waals surface area contributed by atoms with Gasteiger partial charge in [0.1, 0.15) is 12.6 Å². The van der Waals surface area contributed by atoms with E-state index in [9.17, 15) is 14.4 Å².